The Balaban J connectivity index is 1.97. The fourth-order valence-electron chi connectivity index (χ4n) is 2.56. The number of fused-ring (bicyclic) bond motifs is 1. The molecule has 3 rings (SSSR count). The minimum atomic E-state index is 0.570. The Morgan fingerprint density at radius 3 is 3.12 bits per heavy atom. The van der Waals surface area contributed by atoms with Crippen molar-refractivity contribution in [2.24, 2.45) is 0 Å². The Morgan fingerprint density at radius 1 is 1.41 bits per heavy atom. The molecule has 1 aromatic rings. The number of nitrogens with zero attached hydrogens (tertiary/aromatic N) is 1. The molecule has 88 valence electrons. The zero-order valence-electron chi connectivity index (χ0n) is 9.83. The molecule has 1 aromatic heterocycles. The van der Waals surface area contributed by atoms with Gasteiger partial charge in [-0.05, 0) is 46.5 Å². The summed E-state index contributed by atoms with van der Waals surface area (Å²) in [5, 5.41) is 3.44. The lowest BCUT2D eigenvalue weighted by atomic mass is 9.93. The average Bonchev–Trinajstić information content (AvgIpc) is 2.71. The van der Waals surface area contributed by atoms with Gasteiger partial charge in [0.1, 0.15) is 0 Å². The van der Waals surface area contributed by atoms with Gasteiger partial charge in [0.25, 0.3) is 0 Å². The van der Waals surface area contributed by atoms with Crippen LogP contribution in [0.25, 0.3) is 5.57 Å². The van der Waals surface area contributed by atoms with Gasteiger partial charge >= 0.3 is 0 Å². The van der Waals surface area contributed by atoms with E-state index in [0.29, 0.717) is 6.04 Å². The predicted octanol–water partition coefficient (Wildman–Crippen LogP) is 3.09. The molecule has 0 radical (unpaired) electrons. The Kier molecular flexibility index (Phi) is 2.89. The molecular formula is C14H15BrN2. The van der Waals surface area contributed by atoms with E-state index in [0.717, 1.165) is 23.9 Å². The summed E-state index contributed by atoms with van der Waals surface area (Å²) in [6, 6.07) is 2.76. The molecule has 0 amide bonds. The summed E-state index contributed by atoms with van der Waals surface area (Å²) in [7, 11) is 0. The number of rotatable bonds is 1. The summed E-state index contributed by atoms with van der Waals surface area (Å²) in [5.41, 5.74) is 5.37. The molecule has 1 aliphatic carbocycles. The van der Waals surface area contributed by atoms with Gasteiger partial charge in [-0.3, -0.25) is 4.98 Å². The first-order chi connectivity index (χ1) is 8.24. The van der Waals surface area contributed by atoms with Crippen LogP contribution in [0, 0.1) is 0 Å². The summed E-state index contributed by atoms with van der Waals surface area (Å²) in [5.74, 6) is 0. The number of hydrogen-bond donors (Lipinski definition) is 1. The molecule has 0 saturated heterocycles. The number of pyridine rings is 1. The SMILES string of the molecule is CC1CC(C2=CCc3ncc(Br)cc32)=CCN1. The minimum absolute atomic E-state index is 0.570. The molecule has 3 heteroatoms. The van der Waals surface area contributed by atoms with Crippen LogP contribution in [0.3, 0.4) is 0 Å². The van der Waals surface area contributed by atoms with Gasteiger partial charge in [-0.25, -0.2) is 0 Å². The minimum Gasteiger partial charge on any atom is -0.310 e. The van der Waals surface area contributed by atoms with Crippen LogP contribution in [0.1, 0.15) is 24.6 Å². The van der Waals surface area contributed by atoms with E-state index in [1.54, 1.807) is 0 Å². The highest BCUT2D eigenvalue weighted by Gasteiger charge is 2.21. The lowest BCUT2D eigenvalue weighted by Crippen LogP contribution is -2.30. The molecule has 2 heterocycles. The molecule has 1 N–H and O–H groups in total. The smallest absolute Gasteiger partial charge is 0.0520 e. The molecule has 2 aliphatic rings. The average molecular weight is 291 g/mol. The number of aromatic nitrogens is 1. The molecule has 1 unspecified atom stereocenters. The second-order valence-corrected chi connectivity index (χ2v) is 5.63. The molecular weight excluding hydrogens is 276 g/mol. The summed E-state index contributed by atoms with van der Waals surface area (Å²) in [6.07, 6.45) is 8.58. The number of allylic oxidation sites excluding steroid dienone is 2. The maximum Gasteiger partial charge on any atom is 0.0520 e. The highest BCUT2D eigenvalue weighted by Crippen LogP contribution is 2.35. The predicted molar refractivity (Wildman–Crippen MR) is 73.8 cm³/mol. The maximum atomic E-state index is 4.48. The Bertz CT molecular complexity index is 517. The molecule has 0 bridgehead atoms. The standard InChI is InChI=1S/C14H15BrN2/c1-9-6-10(4-5-16-9)12-2-3-14-13(12)7-11(15)8-17-14/h2,4,7-9,16H,3,5-6H2,1H3. The van der Waals surface area contributed by atoms with Crippen molar-refractivity contribution in [1.29, 1.82) is 0 Å². The third-order valence-electron chi connectivity index (χ3n) is 3.41. The summed E-state index contributed by atoms with van der Waals surface area (Å²) < 4.78 is 1.06. The van der Waals surface area contributed by atoms with Gasteiger partial charge in [-0.1, -0.05) is 12.2 Å². The topological polar surface area (TPSA) is 24.9 Å². The van der Waals surface area contributed by atoms with Crippen molar-refractivity contribution in [1.82, 2.24) is 10.3 Å². The largest absolute Gasteiger partial charge is 0.310 e. The molecule has 1 aliphatic heterocycles. The van der Waals surface area contributed by atoms with E-state index in [1.807, 2.05) is 6.20 Å². The maximum absolute atomic E-state index is 4.48. The van der Waals surface area contributed by atoms with Crippen LogP contribution in [0.5, 0.6) is 0 Å². The zero-order valence-corrected chi connectivity index (χ0v) is 11.4. The fourth-order valence-corrected chi connectivity index (χ4v) is 2.90. The van der Waals surface area contributed by atoms with E-state index < -0.39 is 0 Å². The third-order valence-corrected chi connectivity index (χ3v) is 3.85. The fraction of sp³-hybridized carbons (Fsp3) is 0.357. The normalized spacial score (nSPS) is 23.1. The summed E-state index contributed by atoms with van der Waals surface area (Å²) >= 11 is 3.51. The lowest BCUT2D eigenvalue weighted by Gasteiger charge is -2.22. The van der Waals surface area contributed by atoms with Crippen molar-refractivity contribution in [3.8, 4) is 0 Å². The molecule has 1 atom stereocenters. The first kappa shape index (κ1) is 11.2. The van der Waals surface area contributed by atoms with Crippen LogP contribution < -0.4 is 5.32 Å². The zero-order chi connectivity index (χ0) is 11.8. The van der Waals surface area contributed by atoms with Crippen molar-refractivity contribution in [3.63, 3.8) is 0 Å². The summed E-state index contributed by atoms with van der Waals surface area (Å²) in [4.78, 5) is 4.48. The van der Waals surface area contributed by atoms with Crippen molar-refractivity contribution in [2.75, 3.05) is 6.54 Å². The second-order valence-electron chi connectivity index (χ2n) is 4.71. The van der Waals surface area contributed by atoms with Gasteiger partial charge < -0.3 is 5.32 Å². The van der Waals surface area contributed by atoms with Gasteiger partial charge in [-0.15, -0.1) is 0 Å². The van der Waals surface area contributed by atoms with Crippen LogP contribution in [-0.2, 0) is 6.42 Å². The quantitative estimate of drug-likeness (QED) is 0.860. The van der Waals surface area contributed by atoms with E-state index in [1.165, 1.54) is 22.4 Å². The van der Waals surface area contributed by atoms with Crippen molar-refractivity contribution < 1.29 is 0 Å². The van der Waals surface area contributed by atoms with Gasteiger partial charge in [0, 0.05) is 35.2 Å². The van der Waals surface area contributed by atoms with E-state index in [9.17, 15) is 0 Å². The van der Waals surface area contributed by atoms with Gasteiger partial charge in [-0.2, -0.15) is 0 Å². The molecule has 0 fully saturated rings. The van der Waals surface area contributed by atoms with E-state index in [2.05, 4.69) is 51.4 Å². The molecule has 0 aromatic carbocycles. The Hall–Kier alpha value is -0.930. The van der Waals surface area contributed by atoms with Gasteiger partial charge in [0.15, 0.2) is 0 Å². The molecule has 0 spiro atoms. The van der Waals surface area contributed by atoms with E-state index >= 15 is 0 Å². The third kappa shape index (κ3) is 2.09. The van der Waals surface area contributed by atoms with Crippen LogP contribution >= 0.6 is 15.9 Å². The highest BCUT2D eigenvalue weighted by atomic mass is 79.9. The van der Waals surface area contributed by atoms with E-state index in [4.69, 9.17) is 0 Å². The Labute approximate surface area is 110 Å². The van der Waals surface area contributed by atoms with Gasteiger partial charge in [0.2, 0.25) is 0 Å². The lowest BCUT2D eigenvalue weighted by molar-refractivity contribution is 0.561. The molecule has 2 nitrogen and oxygen atoms in total. The van der Waals surface area contributed by atoms with Crippen molar-refractivity contribution >= 4 is 21.5 Å². The van der Waals surface area contributed by atoms with Crippen LogP contribution in [0.4, 0.5) is 0 Å². The highest BCUT2D eigenvalue weighted by molar-refractivity contribution is 9.10. The first-order valence-corrected chi connectivity index (χ1v) is 6.81. The number of halogens is 1. The summed E-state index contributed by atoms with van der Waals surface area (Å²) in [6.45, 7) is 3.22. The first-order valence-electron chi connectivity index (χ1n) is 6.02. The van der Waals surface area contributed by atoms with Crippen molar-refractivity contribution in [2.45, 2.75) is 25.8 Å². The van der Waals surface area contributed by atoms with Gasteiger partial charge in [0.05, 0.1) is 5.69 Å². The van der Waals surface area contributed by atoms with Crippen molar-refractivity contribution in [3.05, 3.63) is 45.7 Å². The van der Waals surface area contributed by atoms with Crippen LogP contribution in [-0.4, -0.2) is 17.6 Å². The monoisotopic (exact) mass is 290 g/mol. The molecule has 0 saturated carbocycles. The van der Waals surface area contributed by atoms with Crippen LogP contribution in [0.15, 0.2) is 34.5 Å². The Morgan fingerprint density at radius 2 is 2.29 bits per heavy atom. The van der Waals surface area contributed by atoms with E-state index in [-0.39, 0.29) is 0 Å². The molecule has 17 heavy (non-hydrogen) atoms. The number of nitrogens with one attached hydrogen (secondary N) is 1. The number of hydrogen-bond acceptors (Lipinski definition) is 2. The van der Waals surface area contributed by atoms with Crippen LogP contribution in [0.2, 0.25) is 0 Å². The second kappa shape index (κ2) is 4.39.